The molecule has 2 aromatic carbocycles. The fourth-order valence-corrected chi connectivity index (χ4v) is 2.13. The lowest BCUT2D eigenvalue weighted by molar-refractivity contribution is -0.133. The summed E-state index contributed by atoms with van der Waals surface area (Å²) in [5.74, 6) is 3.91. The normalized spacial score (nSPS) is 10.6. The third kappa shape index (κ3) is 6.46. The molecule has 0 aliphatic carbocycles. The minimum atomic E-state index is -1.11. The molecule has 1 N–H and O–H groups in total. The largest absolute Gasteiger partial charge is 0.478 e. The van der Waals surface area contributed by atoms with Gasteiger partial charge in [-0.2, -0.15) is 0 Å². The maximum Gasteiger partial charge on any atom is 0.264 e. The molecule has 0 bridgehead atoms. The first-order chi connectivity index (χ1) is 12.8. The minimum absolute atomic E-state index is 0.0709. The van der Waals surface area contributed by atoms with E-state index in [1.165, 1.54) is 6.07 Å². The molecule has 0 aromatic heterocycles. The number of carbonyl (C=O) groups excluding carboxylic acids is 1. The molecule has 0 aliphatic rings. The molecule has 0 saturated carbocycles. The number of hydrogen-bond acceptors (Lipinski definition) is 3. The Bertz CT molecular complexity index is 858. The summed E-state index contributed by atoms with van der Waals surface area (Å²) in [4.78, 5) is 12.2. The number of benzene rings is 2. The zero-order valence-electron chi connectivity index (χ0n) is 14.8. The molecule has 2 rings (SSSR count). The third-order valence-corrected chi connectivity index (χ3v) is 3.64. The second-order valence-electron chi connectivity index (χ2n) is 5.97. The lowest BCUT2D eigenvalue weighted by Crippen LogP contribution is -2.46. The van der Waals surface area contributed by atoms with Gasteiger partial charge < -0.3 is 14.8 Å². The number of hydrogen-bond donors (Lipinski definition) is 1. The van der Waals surface area contributed by atoms with E-state index in [9.17, 15) is 13.6 Å². The summed E-state index contributed by atoms with van der Waals surface area (Å²) < 4.78 is 36.9. The Morgan fingerprint density at radius 1 is 1.15 bits per heavy atom. The molecular weight excluding hydrogens is 376 g/mol. The number of halogens is 3. The van der Waals surface area contributed by atoms with Crippen LogP contribution in [0, 0.1) is 23.5 Å². The van der Waals surface area contributed by atoms with Gasteiger partial charge in [-0.1, -0.05) is 23.4 Å². The third-order valence-electron chi connectivity index (χ3n) is 3.39. The average Bonchev–Trinajstić information content (AvgIpc) is 2.61. The Morgan fingerprint density at radius 2 is 1.85 bits per heavy atom. The smallest absolute Gasteiger partial charge is 0.264 e. The Morgan fingerprint density at radius 3 is 2.52 bits per heavy atom. The summed E-state index contributed by atoms with van der Waals surface area (Å²) in [6.07, 6.45) is 0. The molecule has 0 fully saturated rings. The van der Waals surface area contributed by atoms with Crippen molar-refractivity contribution in [3.63, 3.8) is 0 Å². The van der Waals surface area contributed by atoms with Crippen molar-refractivity contribution in [3.05, 3.63) is 59.1 Å². The highest BCUT2D eigenvalue weighted by Crippen LogP contribution is 2.21. The topological polar surface area (TPSA) is 47.6 Å². The molecule has 2 aromatic rings. The summed E-state index contributed by atoms with van der Waals surface area (Å²) in [7, 11) is 0. The van der Waals surface area contributed by atoms with Gasteiger partial charge in [-0.15, -0.1) is 0 Å². The van der Waals surface area contributed by atoms with Crippen molar-refractivity contribution < 1.29 is 23.0 Å². The van der Waals surface area contributed by atoms with Crippen molar-refractivity contribution in [1.82, 2.24) is 5.32 Å². The molecular formula is C20H18ClF2NO3. The van der Waals surface area contributed by atoms with E-state index in [1.54, 1.807) is 38.1 Å². The first-order valence-electron chi connectivity index (χ1n) is 8.04. The molecule has 0 unspecified atom stereocenters. The summed E-state index contributed by atoms with van der Waals surface area (Å²) in [6.45, 7) is 3.24. The molecule has 0 aliphatic heterocycles. The van der Waals surface area contributed by atoms with Gasteiger partial charge in [0.25, 0.3) is 5.91 Å². The quantitative estimate of drug-likeness (QED) is 0.755. The molecule has 0 atom stereocenters. The zero-order valence-corrected chi connectivity index (χ0v) is 15.6. The van der Waals surface area contributed by atoms with E-state index in [0.717, 1.165) is 12.1 Å². The van der Waals surface area contributed by atoms with Crippen molar-refractivity contribution in [1.29, 1.82) is 0 Å². The van der Waals surface area contributed by atoms with Crippen LogP contribution < -0.4 is 14.8 Å². The lowest BCUT2D eigenvalue weighted by Gasteiger charge is -2.24. The maximum atomic E-state index is 13.4. The Kier molecular flexibility index (Phi) is 7.03. The fraction of sp³-hybridized carbons (Fsp3) is 0.250. The summed E-state index contributed by atoms with van der Waals surface area (Å²) in [6, 6.07) is 9.68. The molecule has 1 amide bonds. The van der Waals surface area contributed by atoms with Crippen LogP contribution in [0.1, 0.15) is 13.8 Å². The molecule has 0 spiro atoms. The van der Waals surface area contributed by atoms with Gasteiger partial charge in [0.1, 0.15) is 18.2 Å². The standard InChI is InChI=1S/C20H18ClF2NO3/c1-20(2,27-16-8-5-14(21)6-9-16)19(25)24-11-3-4-12-26-18-10-7-15(22)13-17(18)23/h5-10,13H,11-12H2,1-2H3,(H,24,25). The number of rotatable bonds is 6. The van der Waals surface area contributed by atoms with E-state index < -0.39 is 17.2 Å². The van der Waals surface area contributed by atoms with E-state index in [4.69, 9.17) is 21.1 Å². The average molecular weight is 394 g/mol. The van der Waals surface area contributed by atoms with Gasteiger partial charge in [0.2, 0.25) is 0 Å². The summed E-state index contributed by atoms with van der Waals surface area (Å²) in [5, 5.41) is 3.20. The van der Waals surface area contributed by atoms with E-state index in [-0.39, 0.29) is 24.8 Å². The highest BCUT2D eigenvalue weighted by atomic mass is 35.5. The van der Waals surface area contributed by atoms with Crippen molar-refractivity contribution in [2.24, 2.45) is 0 Å². The highest BCUT2D eigenvalue weighted by molar-refractivity contribution is 6.30. The molecule has 142 valence electrons. The lowest BCUT2D eigenvalue weighted by atomic mass is 10.1. The van der Waals surface area contributed by atoms with Crippen LogP contribution in [0.5, 0.6) is 11.5 Å². The van der Waals surface area contributed by atoms with E-state index in [0.29, 0.717) is 10.8 Å². The first-order valence-corrected chi connectivity index (χ1v) is 8.42. The number of amides is 1. The minimum Gasteiger partial charge on any atom is -0.478 e. The molecule has 0 heterocycles. The predicted octanol–water partition coefficient (Wildman–Crippen LogP) is 3.97. The summed E-state index contributed by atoms with van der Waals surface area (Å²) >= 11 is 5.81. The SMILES string of the molecule is CC(C)(Oc1ccc(Cl)cc1)C(=O)NCC#CCOc1ccc(F)cc1F. The van der Waals surface area contributed by atoms with Crippen LogP contribution in [0.25, 0.3) is 0 Å². The van der Waals surface area contributed by atoms with Crippen LogP contribution in [0.4, 0.5) is 8.78 Å². The van der Waals surface area contributed by atoms with Crippen molar-refractivity contribution in [2.45, 2.75) is 19.4 Å². The van der Waals surface area contributed by atoms with Gasteiger partial charge in [-0.3, -0.25) is 4.79 Å². The van der Waals surface area contributed by atoms with Crippen LogP contribution in [0.15, 0.2) is 42.5 Å². The van der Waals surface area contributed by atoms with E-state index in [1.807, 2.05) is 0 Å². The predicted molar refractivity (Wildman–Crippen MR) is 98.8 cm³/mol. The van der Waals surface area contributed by atoms with E-state index >= 15 is 0 Å². The maximum absolute atomic E-state index is 13.4. The fourth-order valence-electron chi connectivity index (χ4n) is 2.00. The van der Waals surface area contributed by atoms with Crippen LogP contribution >= 0.6 is 11.6 Å². The van der Waals surface area contributed by atoms with Crippen LogP contribution in [0.3, 0.4) is 0 Å². The Hall–Kier alpha value is -2.78. The van der Waals surface area contributed by atoms with Crippen molar-refractivity contribution in [3.8, 4) is 23.3 Å². The first kappa shape index (κ1) is 20.5. The van der Waals surface area contributed by atoms with Crippen LogP contribution in [-0.4, -0.2) is 24.7 Å². The number of nitrogens with one attached hydrogen (secondary N) is 1. The van der Waals surface area contributed by atoms with Crippen LogP contribution in [-0.2, 0) is 4.79 Å². The monoisotopic (exact) mass is 393 g/mol. The molecule has 0 saturated heterocycles. The molecule has 7 heteroatoms. The van der Waals surface area contributed by atoms with Gasteiger partial charge >= 0.3 is 0 Å². The number of carbonyl (C=O) groups is 1. The molecule has 27 heavy (non-hydrogen) atoms. The Balaban J connectivity index is 1.78. The second-order valence-corrected chi connectivity index (χ2v) is 6.40. The van der Waals surface area contributed by atoms with Gasteiger partial charge in [-0.25, -0.2) is 8.78 Å². The molecule has 0 radical (unpaired) electrons. The van der Waals surface area contributed by atoms with Crippen LogP contribution in [0.2, 0.25) is 5.02 Å². The van der Waals surface area contributed by atoms with Gasteiger partial charge in [0.05, 0.1) is 6.54 Å². The summed E-state index contributed by atoms with van der Waals surface area (Å²) in [5.41, 5.74) is -1.11. The van der Waals surface area contributed by atoms with Crippen molar-refractivity contribution >= 4 is 17.5 Å². The van der Waals surface area contributed by atoms with Gasteiger partial charge in [-0.05, 0) is 50.2 Å². The highest BCUT2D eigenvalue weighted by Gasteiger charge is 2.29. The Labute approximate surface area is 161 Å². The van der Waals surface area contributed by atoms with Crippen molar-refractivity contribution in [2.75, 3.05) is 13.2 Å². The van der Waals surface area contributed by atoms with Gasteiger partial charge in [0, 0.05) is 11.1 Å². The van der Waals surface area contributed by atoms with Gasteiger partial charge in [0.15, 0.2) is 17.2 Å². The second kappa shape index (κ2) is 9.24. The molecule has 4 nitrogen and oxygen atoms in total. The van der Waals surface area contributed by atoms with E-state index in [2.05, 4.69) is 17.2 Å². The number of ether oxygens (including phenoxy) is 2. The zero-order chi connectivity index (χ0) is 19.9.